The molecule has 8 heteroatoms. The molecule has 0 radical (unpaired) electrons. The molecule has 3 aromatic rings. The lowest BCUT2D eigenvalue weighted by Crippen LogP contribution is -2.03. The summed E-state index contributed by atoms with van der Waals surface area (Å²) < 4.78 is 0. The molecule has 0 bridgehead atoms. The van der Waals surface area contributed by atoms with Gasteiger partial charge in [-0.3, -0.25) is 25.2 Å². The quantitative estimate of drug-likeness (QED) is 0.377. The van der Waals surface area contributed by atoms with Gasteiger partial charge < -0.3 is 5.32 Å². The number of anilines is 2. The highest BCUT2D eigenvalue weighted by molar-refractivity contribution is 5.96. The van der Waals surface area contributed by atoms with Gasteiger partial charge in [0.25, 0.3) is 11.4 Å². The van der Waals surface area contributed by atoms with E-state index in [0.717, 1.165) is 6.07 Å². The molecular weight excluding hydrogens is 348 g/mol. The molecule has 0 unspecified atom stereocenters. The van der Waals surface area contributed by atoms with Crippen molar-refractivity contribution in [3.8, 4) is 0 Å². The Morgan fingerprint density at radius 1 is 0.852 bits per heavy atom. The van der Waals surface area contributed by atoms with Crippen LogP contribution in [0.3, 0.4) is 0 Å². The first-order valence-electron chi connectivity index (χ1n) is 7.92. The van der Waals surface area contributed by atoms with E-state index in [2.05, 4.69) is 10.3 Å². The maximum atomic E-state index is 11.5. The number of benzene rings is 3. The summed E-state index contributed by atoms with van der Waals surface area (Å²) in [6.07, 6.45) is 1.34. The van der Waals surface area contributed by atoms with Crippen molar-refractivity contribution in [3.05, 3.63) is 98.6 Å². The van der Waals surface area contributed by atoms with Gasteiger partial charge >= 0.3 is 0 Å². The van der Waals surface area contributed by atoms with E-state index in [4.69, 9.17) is 0 Å². The number of nitro benzene ring substituents is 2. The Kier molecular flexibility index (Phi) is 5.17. The number of nitrogens with zero attached hydrogens (tertiary/aromatic N) is 3. The molecule has 0 saturated heterocycles. The van der Waals surface area contributed by atoms with Gasteiger partial charge in [0.15, 0.2) is 0 Å². The number of hydrogen-bond donors (Lipinski definition) is 1. The van der Waals surface area contributed by atoms with E-state index in [1.807, 2.05) is 12.1 Å². The van der Waals surface area contributed by atoms with Crippen molar-refractivity contribution in [1.82, 2.24) is 0 Å². The van der Waals surface area contributed by atoms with Gasteiger partial charge in [-0.2, -0.15) is 0 Å². The number of non-ortho nitro benzene ring substituents is 1. The summed E-state index contributed by atoms with van der Waals surface area (Å²) in [5.74, 6) is 0. The van der Waals surface area contributed by atoms with Crippen LogP contribution < -0.4 is 5.32 Å². The largest absolute Gasteiger partial charge is 0.355 e. The third-order valence-electron chi connectivity index (χ3n) is 3.70. The summed E-state index contributed by atoms with van der Waals surface area (Å²) in [4.78, 5) is 25.6. The van der Waals surface area contributed by atoms with Crippen LogP contribution in [0.15, 0.2) is 77.8 Å². The minimum atomic E-state index is -0.665. The monoisotopic (exact) mass is 362 g/mol. The SMILES string of the molecule is O=[N+]([O-])c1cc(Nc2ccccc2)c(C=Nc2ccccc2)c([N+](=O)[O-])c1. The number of aliphatic imine (C=N–C) groups is 1. The number of hydrogen-bond acceptors (Lipinski definition) is 6. The van der Waals surface area contributed by atoms with Crippen LogP contribution in [0.2, 0.25) is 0 Å². The second-order valence-corrected chi connectivity index (χ2v) is 5.53. The highest BCUT2D eigenvalue weighted by Gasteiger charge is 2.23. The van der Waals surface area contributed by atoms with Crippen LogP contribution in [-0.2, 0) is 0 Å². The number of nitrogens with one attached hydrogen (secondary N) is 1. The Labute approximate surface area is 154 Å². The molecule has 134 valence electrons. The molecule has 3 aromatic carbocycles. The minimum absolute atomic E-state index is 0.151. The maximum absolute atomic E-state index is 11.5. The zero-order valence-corrected chi connectivity index (χ0v) is 14.0. The second-order valence-electron chi connectivity index (χ2n) is 5.53. The van der Waals surface area contributed by atoms with E-state index in [-0.39, 0.29) is 16.9 Å². The molecule has 0 fully saturated rings. The summed E-state index contributed by atoms with van der Waals surface area (Å²) in [5, 5.41) is 25.7. The second kappa shape index (κ2) is 7.87. The maximum Gasteiger partial charge on any atom is 0.287 e. The normalized spacial score (nSPS) is 10.7. The van der Waals surface area contributed by atoms with E-state index in [1.165, 1.54) is 12.3 Å². The Bertz CT molecular complexity index is 1000. The third kappa shape index (κ3) is 4.31. The van der Waals surface area contributed by atoms with Gasteiger partial charge in [-0.1, -0.05) is 36.4 Å². The molecule has 0 atom stereocenters. The van der Waals surface area contributed by atoms with Gasteiger partial charge in [-0.15, -0.1) is 0 Å². The number of nitro groups is 2. The van der Waals surface area contributed by atoms with Gasteiger partial charge in [0.1, 0.15) is 0 Å². The Morgan fingerprint density at radius 2 is 1.48 bits per heavy atom. The standard InChI is InChI=1S/C19H14N4O4/c24-22(25)16-11-18(21-15-9-5-2-6-10-15)17(19(12-16)23(26)27)13-20-14-7-3-1-4-8-14/h1-13,21H. The van der Waals surface area contributed by atoms with Crippen molar-refractivity contribution in [1.29, 1.82) is 0 Å². The fourth-order valence-electron chi connectivity index (χ4n) is 2.45. The Hall–Kier alpha value is -4.07. The van der Waals surface area contributed by atoms with E-state index >= 15 is 0 Å². The molecule has 0 aliphatic heterocycles. The number of para-hydroxylation sites is 2. The van der Waals surface area contributed by atoms with Gasteiger partial charge in [0, 0.05) is 18.0 Å². The molecule has 0 saturated carbocycles. The van der Waals surface area contributed by atoms with Gasteiger partial charge in [-0.05, 0) is 24.3 Å². The molecule has 0 aromatic heterocycles. The first kappa shape index (κ1) is 17.7. The summed E-state index contributed by atoms with van der Waals surface area (Å²) in [7, 11) is 0. The zero-order valence-electron chi connectivity index (χ0n) is 14.0. The lowest BCUT2D eigenvalue weighted by atomic mass is 10.1. The zero-order chi connectivity index (χ0) is 19.2. The Morgan fingerprint density at radius 3 is 2.07 bits per heavy atom. The third-order valence-corrected chi connectivity index (χ3v) is 3.70. The minimum Gasteiger partial charge on any atom is -0.355 e. The van der Waals surface area contributed by atoms with Crippen molar-refractivity contribution in [2.24, 2.45) is 4.99 Å². The molecule has 27 heavy (non-hydrogen) atoms. The predicted octanol–water partition coefficient (Wildman–Crippen LogP) is 5.00. The van der Waals surface area contributed by atoms with Gasteiger partial charge in [0.2, 0.25) is 0 Å². The molecule has 0 amide bonds. The first-order chi connectivity index (χ1) is 13.0. The molecule has 0 heterocycles. The molecular formula is C19H14N4O4. The lowest BCUT2D eigenvalue weighted by molar-refractivity contribution is -0.394. The van der Waals surface area contributed by atoms with E-state index < -0.39 is 15.5 Å². The molecule has 8 nitrogen and oxygen atoms in total. The average molecular weight is 362 g/mol. The lowest BCUT2D eigenvalue weighted by Gasteiger charge is -2.10. The topological polar surface area (TPSA) is 111 Å². The van der Waals surface area contributed by atoms with E-state index in [9.17, 15) is 20.2 Å². The molecule has 0 spiro atoms. The van der Waals surface area contributed by atoms with Crippen LogP contribution in [0.25, 0.3) is 0 Å². The van der Waals surface area contributed by atoms with Gasteiger partial charge in [0.05, 0.1) is 32.9 Å². The fraction of sp³-hybridized carbons (Fsp3) is 0. The average Bonchev–Trinajstić information content (AvgIpc) is 2.68. The Balaban J connectivity index is 2.13. The summed E-state index contributed by atoms with van der Waals surface area (Å²) in [6.45, 7) is 0. The van der Waals surface area contributed by atoms with Crippen LogP contribution in [0.4, 0.5) is 28.4 Å². The van der Waals surface area contributed by atoms with Crippen molar-refractivity contribution in [2.45, 2.75) is 0 Å². The predicted molar refractivity (Wildman–Crippen MR) is 103 cm³/mol. The smallest absolute Gasteiger partial charge is 0.287 e. The van der Waals surface area contributed by atoms with Crippen LogP contribution in [-0.4, -0.2) is 16.1 Å². The van der Waals surface area contributed by atoms with Crippen LogP contribution in [0.5, 0.6) is 0 Å². The van der Waals surface area contributed by atoms with E-state index in [1.54, 1.807) is 48.5 Å². The van der Waals surface area contributed by atoms with E-state index in [0.29, 0.717) is 11.4 Å². The summed E-state index contributed by atoms with van der Waals surface area (Å²) >= 11 is 0. The summed E-state index contributed by atoms with van der Waals surface area (Å²) in [5.41, 5.74) is 0.844. The molecule has 0 aliphatic carbocycles. The highest BCUT2D eigenvalue weighted by Crippen LogP contribution is 2.33. The van der Waals surface area contributed by atoms with Gasteiger partial charge in [-0.25, -0.2) is 0 Å². The molecule has 3 rings (SSSR count). The molecule has 0 aliphatic rings. The van der Waals surface area contributed by atoms with Crippen molar-refractivity contribution >= 4 is 34.7 Å². The summed E-state index contributed by atoms with van der Waals surface area (Å²) in [6, 6.07) is 20.0. The molecule has 1 N–H and O–H groups in total. The number of rotatable bonds is 6. The van der Waals surface area contributed by atoms with Crippen molar-refractivity contribution < 1.29 is 9.85 Å². The van der Waals surface area contributed by atoms with Crippen LogP contribution >= 0.6 is 0 Å². The van der Waals surface area contributed by atoms with Crippen molar-refractivity contribution in [3.63, 3.8) is 0 Å². The van der Waals surface area contributed by atoms with Crippen LogP contribution in [0.1, 0.15) is 5.56 Å². The fourth-order valence-corrected chi connectivity index (χ4v) is 2.45. The van der Waals surface area contributed by atoms with Crippen LogP contribution in [0, 0.1) is 20.2 Å². The first-order valence-corrected chi connectivity index (χ1v) is 7.92. The van der Waals surface area contributed by atoms with Crippen molar-refractivity contribution in [2.75, 3.05) is 5.32 Å². The highest BCUT2D eigenvalue weighted by atomic mass is 16.6.